The molecule has 6 heteroatoms. The second-order valence-electron chi connectivity index (χ2n) is 7.36. The van der Waals surface area contributed by atoms with Crippen molar-refractivity contribution in [2.75, 3.05) is 7.11 Å². The molecule has 0 saturated carbocycles. The summed E-state index contributed by atoms with van der Waals surface area (Å²) in [4.78, 5) is 20.0. The summed E-state index contributed by atoms with van der Waals surface area (Å²) in [6.07, 6.45) is 3.95. The van der Waals surface area contributed by atoms with Crippen molar-refractivity contribution in [1.29, 1.82) is 0 Å². The Labute approximate surface area is 189 Å². The summed E-state index contributed by atoms with van der Waals surface area (Å²) in [6.45, 7) is 0. The van der Waals surface area contributed by atoms with Crippen molar-refractivity contribution in [3.05, 3.63) is 113 Å². The number of methoxy groups -OCH3 is 1. The molecule has 3 aromatic carbocycles. The fraction of sp³-hybridized carbons (Fsp3) is 0.0769. The van der Waals surface area contributed by atoms with Gasteiger partial charge in [0.2, 0.25) is 0 Å². The van der Waals surface area contributed by atoms with Gasteiger partial charge in [-0.05, 0) is 41.5 Å². The molecule has 32 heavy (non-hydrogen) atoms. The molecule has 0 bridgehead atoms. The summed E-state index contributed by atoms with van der Waals surface area (Å²) in [5.74, 6) is 0.762. The highest BCUT2D eigenvalue weighted by Crippen LogP contribution is 2.30. The van der Waals surface area contributed by atoms with E-state index in [4.69, 9.17) is 4.74 Å². The second-order valence-corrected chi connectivity index (χ2v) is 8.51. The highest BCUT2D eigenvalue weighted by atomic mass is 32.2. The molecule has 0 saturated heterocycles. The highest BCUT2D eigenvalue weighted by Gasteiger charge is 2.13. The number of H-pyrrole nitrogens is 1. The van der Waals surface area contributed by atoms with Crippen LogP contribution in [0.25, 0.3) is 16.8 Å². The number of aromatic nitrogens is 3. The van der Waals surface area contributed by atoms with Crippen LogP contribution in [-0.4, -0.2) is 21.7 Å². The molecule has 158 valence electrons. The molecular weight excluding hydrogens is 418 g/mol. The lowest BCUT2D eigenvalue weighted by Crippen LogP contribution is -2.20. The number of hydrogen-bond donors (Lipinski definition) is 1. The third-order valence-corrected chi connectivity index (χ3v) is 6.34. The zero-order chi connectivity index (χ0) is 21.9. The first kappa shape index (κ1) is 20.2. The normalized spacial score (nSPS) is 11.0. The van der Waals surface area contributed by atoms with E-state index in [9.17, 15) is 4.79 Å². The number of fused-ring (bicyclic) bond motifs is 1. The fourth-order valence-electron chi connectivity index (χ4n) is 3.71. The van der Waals surface area contributed by atoms with Crippen LogP contribution in [0.4, 0.5) is 0 Å². The van der Waals surface area contributed by atoms with Gasteiger partial charge in [-0.25, -0.2) is 9.50 Å². The zero-order valence-electron chi connectivity index (χ0n) is 17.5. The minimum Gasteiger partial charge on any atom is -0.496 e. The molecule has 0 aliphatic rings. The van der Waals surface area contributed by atoms with Crippen molar-refractivity contribution in [2.24, 2.45) is 0 Å². The lowest BCUT2D eigenvalue weighted by Gasteiger charge is -2.08. The molecule has 1 N–H and O–H groups in total. The van der Waals surface area contributed by atoms with Gasteiger partial charge in [0.15, 0.2) is 5.65 Å². The molecule has 5 aromatic rings. The fourth-order valence-corrected chi connectivity index (χ4v) is 4.55. The largest absolute Gasteiger partial charge is 0.496 e. The van der Waals surface area contributed by atoms with Crippen molar-refractivity contribution >= 4 is 17.4 Å². The van der Waals surface area contributed by atoms with Crippen molar-refractivity contribution in [3.63, 3.8) is 0 Å². The molecule has 0 unspecified atom stereocenters. The topological polar surface area (TPSA) is 59.4 Å². The smallest absolute Gasteiger partial charge is 0.276 e. The second kappa shape index (κ2) is 8.77. The quantitative estimate of drug-likeness (QED) is 0.383. The number of hydrogen-bond acceptors (Lipinski definition) is 4. The van der Waals surface area contributed by atoms with Crippen LogP contribution in [0, 0.1) is 0 Å². The number of rotatable bonds is 6. The average molecular weight is 440 g/mol. The number of benzene rings is 3. The number of ether oxygens (including phenoxy) is 1. The van der Waals surface area contributed by atoms with Crippen LogP contribution in [0.15, 0.2) is 106 Å². The molecule has 0 aliphatic heterocycles. The minimum absolute atomic E-state index is 0.108. The van der Waals surface area contributed by atoms with Crippen LogP contribution >= 0.6 is 11.8 Å². The predicted molar refractivity (Wildman–Crippen MR) is 128 cm³/mol. The maximum Gasteiger partial charge on any atom is 0.276 e. The maximum atomic E-state index is 13.1. The Morgan fingerprint density at radius 1 is 0.906 bits per heavy atom. The molecule has 0 spiro atoms. The first-order valence-corrected chi connectivity index (χ1v) is 11.1. The number of aromatic amines is 1. The van der Waals surface area contributed by atoms with E-state index in [1.807, 2.05) is 48.7 Å². The van der Waals surface area contributed by atoms with Gasteiger partial charge in [0.05, 0.1) is 7.11 Å². The molecule has 2 aromatic heterocycles. The Morgan fingerprint density at radius 2 is 1.62 bits per heavy atom. The van der Waals surface area contributed by atoms with E-state index >= 15 is 0 Å². The van der Waals surface area contributed by atoms with Gasteiger partial charge < -0.3 is 4.74 Å². The Kier molecular flexibility index (Phi) is 5.52. The van der Waals surface area contributed by atoms with E-state index < -0.39 is 0 Å². The molecule has 2 heterocycles. The van der Waals surface area contributed by atoms with Crippen LogP contribution in [0.1, 0.15) is 11.1 Å². The molecule has 5 nitrogen and oxygen atoms in total. The third kappa shape index (κ3) is 3.92. The number of para-hydroxylation sites is 1. The summed E-state index contributed by atoms with van der Waals surface area (Å²) in [7, 11) is 1.63. The summed E-state index contributed by atoms with van der Waals surface area (Å²) >= 11 is 1.72. The van der Waals surface area contributed by atoms with Crippen LogP contribution < -0.4 is 10.3 Å². The summed E-state index contributed by atoms with van der Waals surface area (Å²) in [5, 5.41) is 3.07. The molecule has 0 radical (unpaired) electrons. The van der Waals surface area contributed by atoms with Gasteiger partial charge in [0.1, 0.15) is 5.75 Å². The van der Waals surface area contributed by atoms with Crippen LogP contribution in [-0.2, 0) is 6.42 Å². The molecular formula is C26H21N3O2S. The van der Waals surface area contributed by atoms with E-state index in [-0.39, 0.29) is 5.56 Å². The molecule has 5 rings (SSSR count). The van der Waals surface area contributed by atoms with Crippen molar-refractivity contribution in [3.8, 4) is 16.9 Å². The predicted octanol–water partition coefficient (Wildman–Crippen LogP) is 5.44. The van der Waals surface area contributed by atoms with Gasteiger partial charge in [-0.2, -0.15) is 0 Å². The monoisotopic (exact) mass is 439 g/mol. The van der Waals surface area contributed by atoms with Gasteiger partial charge in [0, 0.05) is 39.7 Å². The van der Waals surface area contributed by atoms with Gasteiger partial charge >= 0.3 is 0 Å². The summed E-state index contributed by atoms with van der Waals surface area (Å²) in [6, 6.07) is 26.3. The molecule has 0 atom stereocenters. The zero-order valence-corrected chi connectivity index (χ0v) is 18.3. The van der Waals surface area contributed by atoms with E-state index in [1.165, 1.54) is 9.41 Å². The highest BCUT2D eigenvalue weighted by molar-refractivity contribution is 7.99. The lowest BCUT2D eigenvalue weighted by molar-refractivity contribution is 0.410. The molecule has 0 fully saturated rings. The first-order valence-electron chi connectivity index (χ1n) is 10.3. The standard InChI is InChI=1S/C26H21N3O2S/c1-31-24-10-6-5-7-19(24)15-20-16-27-25-23(17-28-29(25)26(20)30)18-11-13-22(14-12-18)32-21-8-3-2-4-9-21/h2-14,16-17,28H,15H2,1H3. The summed E-state index contributed by atoms with van der Waals surface area (Å²) < 4.78 is 6.92. The van der Waals surface area contributed by atoms with Gasteiger partial charge in [-0.15, -0.1) is 0 Å². The number of nitrogens with one attached hydrogen (secondary N) is 1. The Bertz CT molecular complexity index is 1420. The third-order valence-electron chi connectivity index (χ3n) is 5.33. The SMILES string of the molecule is COc1ccccc1Cc1cnc2c(-c3ccc(Sc4ccccc4)cc3)c[nH]n2c1=O. The van der Waals surface area contributed by atoms with Gasteiger partial charge in [-0.1, -0.05) is 60.3 Å². The van der Waals surface area contributed by atoms with Gasteiger partial charge in [-0.3, -0.25) is 9.89 Å². The van der Waals surface area contributed by atoms with Crippen LogP contribution in [0.3, 0.4) is 0 Å². The Hall–Kier alpha value is -3.77. The van der Waals surface area contributed by atoms with E-state index in [2.05, 4.69) is 46.5 Å². The van der Waals surface area contributed by atoms with E-state index in [0.717, 1.165) is 27.3 Å². The van der Waals surface area contributed by atoms with E-state index in [0.29, 0.717) is 17.6 Å². The molecule has 0 aliphatic carbocycles. The van der Waals surface area contributed by atoms with E-state index in [1.54, 1.807) is 25.1 Å². The molecule has 0 amide bonds. The Balaban J connectivity index is 1.44. The maximum absolute atomic E-state index is 13.1. The number of nitrogens with zero attached hydrogens (tertiary/aromatic N) is 2. The van der Waals surface area contributed by atoms with Crippen molar-refractivity contribution in [1.82, 2.24) is 14.6 Å². The minimum atomic E-state index is -0.108. The van der Waals surface area contributed by atoms with Crippen LogP contribution in [0.2, 0.25) is 0 Å². The Morgan fingerprint density at radius 3 is 2.41 bits per heavy atom. The lowest BCUT2D eigenvalue weighted by atomic mass is 10.1. The first-order chi connectivity index (χ1) is 15.7. The van der Waals surface area contributed by atoms with Crippen molar-refractivity contribution < 1.29 is 4.74 Å². The van der Waals surface area contributed by atoms with Gasteiger partial charge in [0.25, 0.3) is 5.56 Å². The van der Waals surface area contributed by atoms with Crippen molar-refractivity contribution in [2.45, 2.75) is 16.2 Å². The van der Waals surface area contributed by atoms with Crippen LogP contribution in [0.5, 0.6) is 5.75 Å². The average Bonchev–Trinajstić information content (AvgIpc) is 3.27. The summed E-state index contributed by atoms with van der Waals surface area (Å²) in [5.41, 5.74) is 3.96.